The molecule has 0 atom stereocenters. The lowest BCUT2D eigenvalue weighted by Gasteiger charge is -2.26. The zero-order valence-electron chi connectivity index (χ0n) is 22.0. The number of benzene rings is 2. The Hall–Kier alpha value is -3.84. The van der Waals surface area contributed by atoms with E-state index in [1.165, 1.54) is 13.3 Å². The number of carbonyl (C=O) groups excluding carboxylic acids is 3. The van der Waals surface area contributed by atoms with E-state index < -0.39 is 11.8 Å². The van der Waals surface area contributed by atoms with Gasteiger partial charge in [0.05, 0.1) is 45.2 Å². The van der Waals surface area contributed by atoms with Gasteiger partial charge < -0.3 is 33.9 Å². The first-order chi connectivity index (χ1) is 18.9. The minimum Gasteiger partial charge on any atom is -0.493 e. The van der Waals surface area contributed by atoms with Crippen LogP contribution in [0.2, 0.25) is 0 Å². The fourth-order valence-corrected chi connectivity index (χ4v) is 4.22. The fraction of sp³-hybridized carbons (Fsp3) is 0.385. The lowest BCUT2D eigenvalue weighted by atomic mass is 10.1. The zero-order valence-corrected chi connectivity index (χ0v) is 23.5. The summed E-state index contributed by atoms with van der Waals surface area (Å²) in [7, 11) is 4.56. The van der Waals surface area contributed by atoms with E-state index in [-0.39, 0.29) is 19.1 Å². The van der Waals surface area contributed by atoms with Crippen molar-refractivity contribution in [3.63, 3.8) is 0 Å². The van der Waals surface area contributed by atoms with Gasteiger partial charge in [-0.25, -0.2) is 5.43 Å². The predicted molar refractivity (Wildman–Crippen MR) is 146 cm³/mol. The number of ether oxygens (including phenoxy) is 5. The quantitative estimate of drug-likeness (QED) is 0.223. The first-order valence-electron chi connectivity index (χ1n) is 12.0. The van der Waals surface area contributed by atoms with Gasteiger partial charge in [-0.1, -0.05) is 6.07 Å². The Labute approximate surface area is 234 Å². The topological polar surface area (TPSA) is 137 Å². The van der Waals surface area contributed by atoms with Crippen LogP contribution in [-0.2, 0) is 25.5 Å². The number of hydrazone groups is 1. The second kappa shape index (κ2) is 14.9. The summed E-state index contributed by atoms with van der Waals surface area (Å²) in [5, 5.41) is 6.39. The summed E-state index contributed by atoms with van der Waals surface area (Å²) < 4.78 is 27.4. The Bertz CT molecular complexity index is 1200. The van der Waals surface area contributed by atoms with Gasteiger partial charge in [0, 0.05) is 19.6 Å². The highest BCUT2D eigenvalue weighted by molar-refractivity contribution is 9.10. The number of morpholine rings is 1. The molecule has 0 aromatic heterocycles. The van der Waals surface area contributed by atoms with E-state index in [2.05, 4.69) is 31.8 Å². The highest BCUT2D eigenvalue weighted by atomic mass is 79.9. The summed E-state index contributed by atoms with van der Waals surface area (Å²) >= 11 is 3.42. The Kier molecular flexibility index (Phi) is 11.4. The number of rotatable bonds is 11. The van der Waals surface area contributed by atoms with Crippen LogP contribution in [0.1, 0.15) is 11.1 Å². The van der Waals surface area contributed by atoms with Crippen molar-refractivity contribution >= 4 is 39.9 Å². The zero-order chi connectivity index (χ0) is 28.2. The average Bonchev–Trinajstić information content (AvgIpc) is 2.96. The largest absolute Gasteiger partial charge is 0.493 e. The standard InChI is InChI=1S/C26H31BrN4O8/c1-35-20-5-4-17(13-21(20)36-2)6-7-28-25(33)26(34)30-29-15-18-12-19(27)24(22(14-18)37-3)39-16-23(32)31-8-10-38-11-9-31/h4-5,12-15H,6-11,16H2,1-3H3,(H,28,33)(H,30,34)/b29-15-. The highest BCUT2D eigenvalue weighted by Gasteiger charge is 2.19. The number of nitrogens with one attached hydrogen (secondary N) is 2. The molecule has 0 bridgehead atoms. The summed E-state index contributed by atoms with van der Waals surface area (Å²) in [5.41, 5.74) is 3.66. The van der Waals surface area contributed by atoms with Crippen LogP contribution in [0.5, 0.6) is 23.0 Å². The summed E-state index contributed by atoms with van der Waals surface area (Å²) in [5.74, 6) is 0.0220. The average molecular weight is 607 g/mol. The molecule has 210 valence electrons. The number of hydrogen-bond acceptors (Lipinski definition) is 9. The molecule has 0 spiro atoms. The predicted octanol–water partition coefficient (Wildman–Crippen LogP) is 1.52. The van der Waals surface area contributed by atoms with Crippen molar-refractivity contribution in [1.29, 1.82) is 0 Å². The molecular formula is C26H31BrN4O8. The molecule has 0 saturated carbocycles. The number of hydrogen-bond donors (Lipinski definition) is 2. The summed E-state index contributed by atoms with van der Waals surface area (Å²) in [6, 6.07) is 8.73. The van der Waals surface area contributed by atoms with E-state index in [0.717, 1.165) is 5.56 Å². The van der Waals surface area contributed by atoms with Crippen molar-refractivity contribution in [2.45, 2.75) is 6.42 Å². The molecular weight excluding hydrogens is 576 g/mol. The van der Waals surface area contributed by atoms with Crippen LogP contribution in [0.3, 0.4) is 0 Å². The van der Waals surface area contributed by atoms with Crippen molar-refractivity contribution in [2.24, 2.45) is 5.10 Å². The second-order valence-corrected chi connectivity index (χ2v) is 9.06. The summed E-state index contributed by atoms with van der Waals surface area (Å²) in [6.07, 6.45) is 1.84. The molecule has 1 saturated heterocycles. The lowest BCUT2D eigenvalue weighted by Crippen LogP contribution is -2.43. The molecule has 2 aromatic carbocycles. The number of halogens is 1. The Morgan fingerprint density at radius 2 is 1.72 bits per heavy atom. The van der Waals surface area contributed by atoms with E-state index >= 15 is 0 Å². The number of amides is 3. The molecule has 13 heteroatoms. The molecule has 1 fully saturated rings. The van der Waals surface area contributed by atoms with E-state index in [9.17, 15) is 14.4 Å². The highest BCUT2D eigenvalue weighted by Crippen LogP contribution is 2.36. The van der Waals surface area contributed by atoms with Gasteiger partial charge in [-0.2, -0.15) is 5.10 Å². The third-order valence-corrected chi connectivity index (χ3v) is 6.28. The monoisotopic (exact) mass is 606 g/mol. The fourth-order valence-electron chi connectivity index (χ4n) is 3.65. The van der Waals surface area contributed by atoms with Crippen molar-refractivity contribution < 1.29 is 38.1 Å². The van der Waals surface area contributed by atoms with Crippen LogP contribution in [0, 0.1) is 0 Å². The van der Waals surface area contributed by atoms with E-state index in [1.807, 2.05) is 6.07 Å². The van der Waals surface area contributed by atoms with Gasteiger partial charge in [0.1, 0.15) is 0 Å². The SMILES string of the molecule is COc1ccc(CCNC(=O)C(=O)N/N=C\c2cc(Br)c(OCC(=O)N3CCOCC3)c(OC)c2)cc1OC. The lowest BCUT2D eigenvalue weighted by molar-refractivity contribution is -0.139. The normalized spacial score (nSPS) is 13.1. The van der Waals surface area contributed by atoms with Crippen LogP contribution in [-0.4, -0.2) is 89.6 Å². The van der Waals surface area contributed by atoms with Gasteiger partial charge in [-0.15, -0.1) is 0 Å². The molecule has 0 aliphatic carbocycles. The first kappa shape index (κ1) is 29.7. The van der Waals surface area contributed by atoms with Crippen molar-refractivity contribution in [1.82, 2.24) is 15.6 Å². The first-order valence-corrected chi connectivity index (χ1v) is 12.8. The molecule has 1 heterocycles. The molecule has 0 unspecified atom stereocenters. The number of nitrogens with zero attached hydrogens (tertiary/aromatic N) is 2. The van der Waals surface area contributed by atoms with E-state index in [4.69, 9.17) is 23.7 Å². The van der Waals surface area contributed by atoms with Crippen molar-refractivity contribution in [3.8, 4) is 23.0 Å². The van der Waals surface area contributed by atoms with Gasteiger partial charge in [0.25, 0.3) is 5.91 Å². The molecule has 1 aliphatic rings. The van der Waals surface area contributed by atoms with Gasteiger partial charge in [0.15, 0.2) is 29.6 Å². The second-order valence-electron chi connectivity index (χ2n) is 8.21. The van der Waals surface area contributed by atoms with Crippen LogP contribution in [0.25, 0.3) is 0 Å². The minimum absolute atomic E-state index is 0.150. The van der Waals surface area contributed by atoms with Crippen molar-refractivity contribution in [2.75, 3.05) is 60.8 Å². The summed E-state index contributed by atoms with van der Waals surface area (Å²) in [4.78, 5) is 38.3. The summed E-state index contributed by atoms with van der Waals surface area (Å²) in [6.45, 7) is 2.15. The van der Waals surface area contributed by atoms with Gasteiger partial charge in [-0.3, -0.25) is 14.4 Å². The number of methoxy groups -OCH3 is 3. The molecule has 12 nitrogen and oxygen atoms in total. The van der Waals surface area contributed by atoms with E-state index in [0.29, 0.717) is 65.8 Å². The smallest absolute Gasteiger partial charge is 0.329 e. The Balaban J connectivity index is 1.49. The maximum Gasteiger partial charge on any atom is 0.329 e. The van der Waals surface area contributed by atoms with Gasteiger partial charge in [-0.05, 0) is 57.7 Å². The minimum atomic E-state index is -0.911. The van der Waals surface area contributed by atoms with Crippen LogP contribution in [0.4, 0.5) is 0 Å². The Morgan fingerprint density at radius 1 is 1.00 bits per heavy atom. The number of carbonyl (C=O) groups is 3. The van der Waals surface area contributed by atoms with Crippen LogP contribution in [0.15, 0.2) is 39.9 Å². The van der Waals surface area contributed by atoms with Crippen molar-refractivity contribution in [3.05, 3.63) is 45.9 Å². The van der Waals surface area contributed by atoms with Gasteiger partial charge in [0.2, 0.25) is 0 Å². The molecule has 2 N–H and O–H groups in total. The van der Waals surface area contributed by atoms with E-state index in [1.54, 1.807) is 43.4 Å². The van der Waals surface area contributed by atoms with Gasteiger partial charge >= 0.3 is 11.8 Å². The Morgan fingerprint density at radius 3 is 2.41 bits per heavy atom. The molecule has 2 aromatic rings. The molecule has 0 radical (unpaired) electrons. The third kappa shape index (κ3) is 8.58. The molecule has 3 rings (SSSR count). The van der Waals surface area contributed by atoms with Crippen LogP contribution < -0.4 is 29.7 Å². The molecule has 1 aliphatic heterocycles. The molecule has 3 amide bonds. The third-order valence-electron chi connectivity index (χ3n) is 5.69. The molecule has 39 heavy (non-hydrogen) atoms. The van der Waals surface area contributed by atoms with Crippen LogP contribution >= 0.6 is 15.9 Å². The maximum absolute atomic E-state index is 12.4. The maximum atomic E-state index is 12.4.